The van der Waals surface area contributed by atoms with Crippen LogP contribution in [-0.2, 0) is 14.4 Å². The first-order valence-corrected chi connectivity index (χ1v) is 8.81. The lowest BCUT2D eigenvalue weighted by atomic mass is 9.75. The van der Waals surface area contributed by atoms with Gasteiger partial charge in [-0.1, -0.05) is 35.0 Å². The minimum atomic E-state index is -0.489. The van der Waals surface area contributed by atoms with Gasteiger partial charge in [0.15, 0.2) is 0 Å². The molecule has 2 heterocycles. The number of carbonyl (C=O) groups excluding carboxylic acids is 1. The minimum Gasteiger partial charge on any atom is -0.466 e. The number of hydrogen-bond acceptors (Lipinski definition) is 5. The highest BCUT2D eigenvalue weighted by atomic mass is 16.6. The Kier molecular flexibility index (Phi) is 5.19. The average molecular weight is 330 g/mol. The van der Waals surface area contributed by atoms with Crippen molar-refractivity contribution in [3.8, 4) is 0 Å². The molecule has 130 valence electrons. The molecule has 1 aromatic carbocycles. The van der Waals surface area contributed by atoms with Crippen LogP contribution in [0.3, 0.4) is 0 Å². The molecule has 1 aromatic rings. The summed E-state index contributed by atoms with van der Waals surface area (Å²) in [6.45, 7) is 5.95. The van der Waals surface area contributed by atoms with Gasteiger partial charge in [-0.3, -0.25) is 4.79 Å². The number of carbonyl (C=O) groups is 1. The van der Waals surface area contributed by atoms with Gasteiger partial charge in [-0.15, -0.1) is 0 Å². The van der Waals surface area contributed by atoms with Gasteiger partial charge >= 0.3 is 5.97 Å². The predicted octanol–water partition coefficient (Wildman–Crippen LogP) is 2.81. The molecule has 0 spiro atoms. The number of ether oxygens (including phenoxy) is 1. The Morgan fingerprint density at radius 3 is 2.88 bits per heavy atom. The maximum absolute atomic E-state index is 12.5. The molecule has 0 amide bonds. The number of aryl methyl sites for hydroxylation is 1. The number of benzene rings is 1. The summed E-state index contributed by atoms with van der Waals surface area (Å²) in [6.07, 6.45) is 3.16. The zero-order valence-electron chi connectivity index (χ0n) is 14.5. The van der Waals surface area contributed by atoms with E-state index in [0.717, 1.165) is 37.1 Å². The molecule has 1 N–H and O–H groups in total. The molecule has 2 aliphatic heterocycles. The highest BCUT2D eigenvalue weighted by Crippen LogP contribution is 2.36. The monoisotopic (exact) mass is 330 g/mol. The second kappa shape index (κ2) is 7.34. The van der Waals surface area contributed by atoms with Crippen LogP contribution in [0, 0.1) is 12.3 Å². The van der Waals surface area contributed by atoms with E-state index in [4.69, 9.17) is 9.57 Å². The van der Waals surface area contributed by atoms with Crippen molar-refractivity contribution < 1.29 is 14.4 Å². The van der Waals surface area contributed by atoms with Crippen LogP contribution in [0.15, 0.2) is 29.4 Å². The summed E-state index contributed by atoms with van der Waals surface area (Å²) < 4.78 is 5.35. The summed E-state index contributed by atoms with van der Waals surface area (Å²) >= 11 is 0. The van der Waals surface area contributed by atoms with Crippen LogP contribution in [0.25, 0.3) is 0 Å². The van der Waals surface area contributed by atoms with Crippen molar-refractivity contribution in [3.63, 3.8) is 0 Å². The molecule has 2 unspecified atom stereocenters. The molecule has 0 saturated carbocycles. The summed E-state index contributed by atoms with van der Waals surface area (Å²) in [7, 11) is 0. The molecule has 3 rings (SSSR count). The first-order chi connectivity index (χ1) is 11.6. The van der Waals surface area contributed by atoms with Gasteiger partial charge in [0.25, 0.3) is 0 Å². The fourth-order valence-corrected chi connectivity index (χ4v) is 3.57. The molecule has 2 aliphatic rings. The van der Waals surface area contributed by atoms with Crippen LogP contribution >= 0.6 is 0 Å². The molecular formula is C19H26N2O3. The third-order valence-electron chi connectivity index (χ3n) is 4.92. The maximum Gasteiger partial charge on any atom is 0.313 e. The number of piperidine rings is 1. The number of rotatable bonds is 5. The topological polar surface area (TPSA) is 59.9 Å². The van der Waals surface area contributed by atoms with Crippen molar-refractivity contribution >= 4 is 11.7 Å². The fraction of sp³-hybridized carbons (Fsp3) is 0.579. The van der Waals surface area contributed by atoms with Crippen molar-refractivity contribution in [2.24, 2.45) is 10.6 Å². The standard InChI is InChI=1S/C19H26N2O3/c1-3-23-18(22)19(9-4-10-20-13-19)12-16-11-17(21-24-16)15-7-5-14(2)6-8-15/h5-8,16,20H,3-4,9-13H2,1-2H3. The van der Waals surface area contributed by atoms with E-state index >= 15 is 0 Å². The molecule has 1 fully saturated rings. The van der Waals surface area contributed by atoms with E-state index in [1.54, 1.807) is 0 Å². The highest BCUT2D eigenvalue weighted by Gasteiger charge is 2.44. The van der Waals surface area contributed by atoms with Gasteiger partial charge in [-0.25, -0.2) is 0 Å². The molecule has 5 nitrogen and oxygen atoms in total. The summed E-state index contributed by atoms with van der Waals surface area (Å²) in [5.74, 6) is -0.107. The third kappa shape index (κ3) is 3.61. The van der Waals surface area contributed by atoms with Crippen LogP contribution in [-0.4, -0.2) is 37.5 Å². The number of oxime groups is 1. The molecule has 5 heteroatoms. The first kappa shape index (κ1) is 17.0. The van der Waals surface area contributed by atoms with Crippen LogP contribution in [0.5, 0.6) is 0 Å². The molecule has 0 aliphatic carbocycles. The Morgan fingerprint density at radius 2 is 2.21 bits per heavy atom. The number of nitrogens with one attached hydrogen (secondary N) is 1. The smallest absolute Gasteiger partial charge is 0.313 e. The van der Waals surface area contributed by atoms with Crippen LogP contribution in [0.2, 0.25) is 0 Å². The van der Waals surface area contributed by atoms with Gasteiger partial charge in [0, 0.05) is 19.4 Å². The third-order valence-corrected chi connectivity index (χ3v) is 4.92. The lowest BCUT2D eigenvalue weighted by Gasteiger charge is -2.36. The number of esters is 1. The van der Waals surface area contributed by atoms with E-state index in [-0.39, 0.29) is 12.1 Å². The van der Waals surface area contributed by atoms with Crippen LogP contribution in [0.4, 0.5) is 0 Å². The predicted molar refractivity (Wildman–Crippen MR) is 93.0 cm³/mol. The minimum absolute atomic E-state index is 0.0643. The summed E-state index contributed by atoms with van der Waals surface area (Å²) in [4.78, 5) is 18.2. The van der Waals surface area contributed by atoms with Crippen LogP contribution in [0.1, 0.15) is 43.7 Å². The van der Waals surface area contributed by atoms with E-state index in [1.165, 1.54) is 5.56 Å². The molecule has 24 heavy (non-hydrogen) atoms. The van der Waals surface area contributed by atoms with E-state index in [9.17, 15) is 4.79 Å². The van der Waals surface area contributed by atoms with Gasteiger partial charge in [-0.05, 0) is 38.8 Å². The lowest BCUT2D eigenvalue weighted by molar-refractivity contribution is -0.159. The van der Waals surface area contributed by atoms with Crippen molar-refractivity contribution in [1.82, 2.24) is 5.32 Å². The van der Waals surface area contributed by atoms with Crippen molar-refractivity contribution in [2.75, 3.05) is 19.7 Å². The zero-order chi connectivity index (χ0) is 17.0. The Hall–Kier alpha value is -1.88. The number of hydrogen-bond donors (Lipinski definition) is 1. The van der Waals surface area contributed by atoms with E-state index in [0.29, 0.717) is 19.6 Å². The Bertz CT molecular complexity index is 604. The zero-order valence-corrected chi connectivity index (χ0v) is 14.5. The van der Waals surface area contributed by atoms with Gasteiger partial charge in [0.1, 0.15) is 6.10 Å². The Labute approximate surface area is 143 Å². The molecule has 0 bridgehead atoms. The Balaban J connectivity index is 1.66. The van der Waals surface area contributed by atoms with Gasteiger partial charge < -0.3 is 14.9 Å². The largest absolute Gasteiger partial charge is 0.466 e. The van der Waals surface area contributed by atoms with Gasteiger partial charge in [0.05, 0.1) is 17.7 Å². The summed E-state index contributed by atoms with van der Waals surface area (Å²) in [6, 6.07) is 8.30. The van der Waals surface area contributed by atoms with Gasteiger partial charge in [0.2, 0.25) is 0 Å². The molecule has 0 radical (unpaired) electrons. The number of nitrogens with zero attached hydrogens (tertiary/aromatic N) is 1. The van der Waals surface area contributed by atoms with E-state index in [1.807, 2.05) is 6.92 Å². The SMILES string of the molecule is CCOC(=O)C1(CC2CC(c3ccc(C)cc3)=NO2)CCCNC1. The molecule has 2 atom stereocenters. The first-order valence-electron chi connectivity index (χ1n) is 8.81. The van der Waals surface area contributed by atoms with Crippen molar-refractivity contribution in [3.05, 3.63) is 35.4 Å². The summed E-state index contributed by atoms with van der Waals surface area (Å²) in [5.41, 5.74) is 2.79. The summed E-state index contributed by atoms with van der Waals surface area (Å²) in [5, 5.41) is 7.61. The molecular weight excluding hydrogens is 304 g/mol. The fourth-order valence-electron chi connectivity index (χ4n) is 3.57. The van der Waals surface area contributed by atoms with Crippen molar-refractivity contribution in [1.29, 1.82) is 0 Å². The second-order valence-electron chi connectivity index (χ2n) is 6.82. The Morgan fingerprint density at radius 1 is 1.42 bits per heavy atom. The highest BCUT2D eigenvalue weighted by molar-refractivity contribution is 6.01. The van der Waals surface area contributed by atoms with E-state index in [2.05, 4.69) is 41.7 Å². The van der Waals surface area contributed by atoms with Gasteiger partial charge in [-0.2, -0.15) is 0 Å². The maximum atomic E-state index is 12.5. The second-order valence-corrected chi connectivity index (χ2v) is 6.82. The quantitative estimate of drug-likeness (QED) is 0.844. The van der Waals surface area contributed by atoms with E-state index < -0.39 is 5.41 Å². The molecule has 1 saturated heterocycles. The molecule has 0 aromatic heterocycles. The van der Waals surface area contributed by atoms with Crippen molar-refractivity contribution in [2.45, 2.75) is 45.6 Å². The average Bonchev–Trinajstić information content (AvgIpc) is 3.05. The van der Waals surface area contributed by atoms with Crippen LogP contribution < -0.4 is 5.32 Å². The lowest BCUT2D eigenvalue weighted by Crippen LogP contribution is -2.48. The normalized spacial score (nSPS) is 26.6.